The Hall–Kier alpha value is -2.87. The molecule has 5 rings (SSSR count). The van der Waals surface area contributed by atoms with Crippen LogP contribution in [0.2, 0.25) is 0 Å². The van der Waals surface area contributed by atoms with E-state index in [1.54, 1.807) is 23.2 Å². The van der Waals surface area contributed by atoms with Gasteiger partial charge in [0.25, 0.3) is 5.91 Å². The molecule has 1 aromatic heterocycles. The summed E-state index contributed by atoms with van der Waals surface area (Å²) in [5.41, 5.74) is 0.506. The first kappa shape index (κ1) is 29.6. The van der Waals surface area contributed by atoms with Crippen molar-refractivity contribution in [1.29, 1.82) is 0 Å². The molecule has 2 aromatic rings. The van der Waals surface area contributed by atoms with Gasteiger partial charge in [-0.3, -0.25) is 19.8 Å². The first-order valence-corrected chi connectivity index (χ1v) is 16.5. The summed E-state index contributed by atoms with van der Waals surface area (Å²) in [6, 6.07) is 6.39. The molecule has 11 nitrogen and oxygen atoms in total. The van der Waals surface area contributed by atoms with Crippen LogP contribution in [0.5, 0.6) is 0 Å². The zero-order valence-corrected chi connectivity index (χ0v) is 25.0. The topological polar surface area (TPSA) is 130 Å². The first-order chi connectivity index (χ1) is 19.8. The molecule has 2 amide bonds. The van der Waals surface area contributed by atoms with Crippen molar-refractivity contribution in [2.45, 2.75) is 80.9 Å². The molecule has 13 heteroatoms. The number of oxime groups is 1. The van der Waals surface area contributed by atoms with Crippen molar-refractivity contribution in [2.75, 3.05) is 31.6 Å². The summed E-state index contributed by atoms with van der Waals surface area (Å²) in [5.74, 6) is -0.490. The number of aromatic nitrogens is 1. The molecule has 2 heterocycles. The number of carbonyl (C=O) groups excluding carboxylic acids is 2. The minimum Gasteiger partial charge on any atom is -0.392 e. The van der Waals surface area contributed by atoms with Crippen molar-refractivity contribution in [2.24, 2.45) is 5.16 Å². The molecule has 1 N–H and O–H groups in total. The van der Waals surface area contributed by atoms with Crippen LogP contribution in [0.1, 0.15) is 56.4 Å². The maximum atomic E-state index is 13.4. The number of thiazole rings is 1. The summed E-state index contributed by atoms with van der Waals surface area (Å²) < 4.78 is 31.0. The standard InChI is InChI=1S/C28H37N5O6S2/c1-3-38-21-6-7-22(14-21)39-31-26(20-4-8-24(9-5-20)41(36,37)25-10-11-25)27(35)30-28-29-15-23(40-28)17-32-12-13-33(18-34)19(2)16-32/h4-5,8-9,15,18-19,21-22,25H,3,6-7,10-14,16-17H2,1-2H3,(H,29,30,35)/t19-,21+,22+/m0/s1. The first-order valence-electron chi connectivity index (χ1n) is 14.2. The Morgan fingerprint density at radius 1 is 1.17 bits per heavy atom. The Morgan fingerprint density at radius 2 is 1.93 bits per heavy atom. The Balaban J connectivity index is 1.28. The van der Waals surface area contributed by atoms with E-state index in [4.69, 9.17) is 9.57 Å². The van der Waals surface area contributed by atoms with E-state index in [0.717, 1.165) is 37.2 Å². The lowest BCUT2D eigenvalue weighted by molar-refractivity contribution is -0.122. The van der Waals surface area contributed by atoms with Gasteiger partial charge in [0, 0.05) is 61.9 Å². The fraction of sp³-hybridized carbons (Fsp3) is 0.571. The van der Waals surface area contributed by atoms with Gasteiger partial charge in [-0.2, -0.15) is 0 Å². The highest BCUT2D eigenvalue weighted by Gasteiger charge is 2.37. The molecule has 0 bridgehead atoms. The van der Waals surface area contributed by atoms with Gasteiger partial charge in [-0.1, -0.05) is 17.3 Å². The highest BCUT2D eigenvalue weighted by atomic mass is 32.2. The van der Waals surface area contributed by atoms with E-state index >= 15 is 0 Å². The Labute approximate surface area is 244 Å². The second-order valence-corrected chi connectivity index (χ2v) is 14.2. The molecule has 1 aliphatic heterocycles. The number of nitrogens with one attached hydrogen (secondary N) is 1. The average Bonchev–Trinajstić information content (AvgIpc) is 3.60. The normalized spacial score (nSPS) is 23.9. The number of sulfone groups is 1. The number of amides is 2. The lowest BCUT2D eigenvalue weighted by Gasteiger charge is -2.37. The minimum absolute atomic E-state index is 0.0517. The number of benzene rings is 1. The maximum absolute atomic E-state index is 13.4. The summed E-state index contributed by atoms with van der Waals surface area (Å²) in [7, 11) is -3.35. The van der Waals surface area contributed by atoms with Crippen LogP contribution >= 0.6 is 11.3 Å². The van der Waals surface area contributed by atoms with E-state index in [1.807, 2.05) is 13.8 Å². The van der Waals surface area contributed by atoms with Gasteiger partial charge in [0.2, 0.25) is 6.41 Å². The molecule has 2 aliphatic carbocycles. The van der Waals surface area contributed by atoms with Crippen molar-refractivity contribution in [3.63, 3.8) is 0 Å². The molecule has 1 aromatic carbocycles. The smallest absolute Gasteiger partial charge is 0.280 e. The van der Waals surface area contributed by atoms with Crippen LogP contribution in [-0.4, -0.2) is 91.0 Å². The van der Waals surface area contributed by atoms with Crippen molar-refractivity contribution < 1.29 is 27.6 Å². The third-order valence-corrected chi connectivity index (χ3v) is 10.9. The zero-order chi connectivity index (χ0) is 29.0. The molecule has 3 atom stereocenters. The minimum atomic E-state index is -3.35. The van der Waals surface area contributed by atoms with Crippen LogP contribution in [-0.2, 0) is 35.5 Å². The summed E-state index contributed by atoms with van der Waals surface area (Å²) in [6.07, 6.45) is 6.29. The molecule has 222 valence electrons. The van der Waals surface area contributed by atoms with Crippen molar-refractivity contribution in [1.82, 2.24) is 14.8 Å². The molecule has 3 aliphatic rings. The van der Waals surface area contributed by atoms with Gasteiger partial charge in [0.15, 0.2) is 20.7 Å². The third-order valence-electron chi connectivity index (χ3n) is 7.72. The number of rotatable bonds is 12. The molecule has 0 unspecified atom stereocenters. The third kappa shape index (κ3) is 7.32. The number of carbonyl (C=O) groups is 2. The molecule has 0 spiro atoms. The maximum Gasteiger partial charge on any atom is 0.280 e. The van der Waals surface area contributed by atoms with E-state index in [9.17, 15) is 18.0 Å². The van der Waals surface area contributed by atoms with Gasteiger partial charge in [0.1, 0.15) is 6.10 Å². The predicted octanol–water partition coefficient (Wildman–Crippen LogP) is 3.06. The monoisotopic (exact) mass is 603 g/mol. The van der Waals surface area contributed by atoms with Crippen molar-refractivity contribution in [3.8, 4) is 0 Å². The SMILES string of the molecule is CCO[C@@H]1CC[C@@H](ON=C(C(=O)Nc2ncc(CN3CCN(C=O)[C@@H](C)C3)s2)c2ccc(S(=O)(=O)C3CC3)cc2)C1. The van der Waals surface area contributed by atoms with Gasteiger partial charge in [0.05, 0.1) is 16.2 Å². The molecule has 2 saturated carbocycles. The number of piperazine rings is 1. The Morgan fingerprint density at radius 3 is 2.61 bits per heavy atom. The van der Waals surface area contributed by atoms with Crippen LogP contribution in [0.3, 0.4) is 0 Å². The van der Waals surface area contributed by atoms with Crippen LogP contribution in [0.4, 0.5) is 5.13 Å². The number of anilines is 1. The predicted molar refractivity (Wildman–Crippen MR) is 156 cm³/mol. The van der Waals surface area contributed by atoms with E-state index in [2.05, 4.69) is 20.4 Å². The van der Waals surface area contributed by atoms with E-state index < -0.39 is 15.7 Å². The Kier molecular flexibility index (Phi) is 9.37. The highest BCUT2D eigenvalue weighted by Crippen LogP contribution is 2.33. The average molecular weight is 604 g/mol. The van der Waals surface area contributed by atoms with Gasteiger partial charge in [-0.25, -0.2) is 13.4 Å². The van der Waals surface area contributed by atoms with E-state index in [1.165, 1.54) is 23.5 Å². The highest BCUT2D eigenvalue weighted by molar-refractivity contribution is 7.92. The van der Waals surface area contributed by atoms with Gasteiger partial charge < -0.3 is 14.5 Å². The van der Waals surface area contributed by atoms with Crippen LogP contribution in [0.25, 0.3) is 0 Å². The van der Waals surface area contributed by atoms with Crippen molar-refractivity contribution >= 4 is 44.3 Å². The van der Waals surface area contributed by atoms with Crippen LogP contribution < -0.4 is 5.32 Å². The molecule has 0 radical (unpaired) electrons. The molecule has 3 fully saturated rings. The van der Waals surface area contributed by atoms with Gasteiger partial charge in [-0.15, -0.1) is 11.3 Å². The van der Waals surface area contributed by atoms with Crippen LogP contribution in [0.15, 0.2) is 40.5 Å². The summed E-state index contributed by atoms with van der Waals surface area (Å²) >= 11 is 1.38. The second-order valence-electron chi connectivity index (χ2n) is 10.8. The summed E-state index contributed by atoms with van der Waals surface area (Å²) in [5, 5.41) is 7.23. The fourth-order valence-corrected chi connectivity index (χ4v) is 7.78. The number of hydrogen-bond donors (Lipinski definition) is 1. The largest absolute Gasteiger partial charge is 0.392 e. The van der Waals surface area contributed by atoms with Crippen LogP contribution in [0, 0.1) is 0 Å². The lowest BCUT2D eigenvalue weighted by Crippen LogP contribution is -2.50. The fourth-order valence-electron chi connectivity index (χ4n) is 5.27. The Bertz CT molecular complexity index is 1360. The quantitative estimate of drug-likeness (QED) is 0.223. The number of hydrogen-bond acceptors (Lipinski definition) is 10. The lowest BCUT2D eigenvalue weighted by atomic mass is 10.1. The van der Waals surface area contributed by atoms with E-state index in [0.29, 0.717) is 49.7 Å². The molecular formula is C28H37N5O6S2. The molecular weight excluding hydrogens is 566 g/mol. The number of ether oxygens (including phenoxy) is 1. The molecule has 41 heavy (non-hydrogen) atoms. The summed E-state index contributed by atoms with van der Waals surface area (Å²) in [6.45, 7) is 7.51. The van der Waals surface area contributed by atoms with Gasteiger partial charge >= 0.3 is 0 Å². The number of nitrogens with zero attached hydrogens (tertiary/aromatic N) is 4. The summed E-state index contributed by atoms with van der Waals surface area (Å²) in [4.78, 5) is 40.1. The van der Waals surface area contributed by atoms with Gasteiger partial charge in [-0.05, 0) is 51.7 Å². The molecule has 1 saturated heterocycles. The van der Waals surface area contributed by atoms with Crippen molar-refractivity contribution in [3.05, 3.63) is 40.9 Å². The zero-order valence-electron chi connectivity index (χ0n) is 23.4. The second kappa shape index (κ2) is 13.0. The van der Waals surface area contributed by atoms with E-state index in [-0.39, 0.29) is 34.1 Å².